The summed E-state index contributed by atoms with van der Waals surface area (Å²) in [5.74, 6) is -0.0239. The number of anilines is 1. The second kappa shape index (κ2) is 5.85. The van der Waals surface area contributed by atoms with Crippen LogP contribution in [0.15, 0.2) is 67.0 Å². The molecule has 0 N–H and O–H groups in total. The molecule has 1 amide bonds. The average molecular weight is 322 g/mol. The second-order valence-corrected chi connectivity index (χ2v) is 5.55. The van der Waals surface area contributed by atoms with Crippen molar-refractivity contribution in [3.63, 3.8) is 0 Å². The van der Waals surface area contributed by atoms with E-state index in [-0.39, 0.29) is 11.7 Å². The van der Waals surface area contributed by atoms with Gasteiger partial charge in [0.1, 0.15) is 18.2 Å². The lowest BCUT2D eigenvalue weighted by Crippen LogP contribution is -2.38. The Bertz CT molecular complexity index is 873. The Hall–Kier alpha value is -3.08. The van der Waals surface area contributed by atoms with Crippen molar-refractivity contribution < 1.29 is 13.9 Å². The summed E-state index contributed by atoms with van der Waals surface area (Å²) in [6.07, 6.45) is 3.88. The summed E-state index contributed by atoms with van der Waals surface area (Å²) in [4.78, 5) is 14.4. The monoisotopic (exact) mass is 322 g/mol. The third-order valence-corrected chi connectivity index (χ3v) is 4.05. The Kier molecular flexibility index (Phi) is 3.54. The van der Waals surface area contributed by atoms with Crippen LogP contribution in [-0.2, 0) is 0 Å². The molecule has 0 radical (unpaired) electrons. The van der Waals surface area contributed by atoms with Gasteiger partial charge in [-0.15, -0.1) is 0 Å². The fraction of sp³-hybridized carbons (Fsp3) is 0.105. The van der Waals surface area contributed by atoms with Gasteiger partial charge in [0.15, 0.2) is 0 Å². The average Bonchev–Trinajstić information content (AvgIpc) is 3.15. The molecule has 0 saturated carbocycles. The van der Waals surface area contributed by atoms with Gasteiger partial charge in [0.25, 0.3) is 5.91 Å². The number of hydrogen-bond acceptors (Lipinski definition) is 2. The molecule has 0 aliphatic carbocycles. The van der Waals surface area contributed by atoms with Gasteiger partial charge in [0.05, 0.1) is 12.2 Å². The van der Waals surface area contributed by atoms with E-state index in [1.807, 2.05) is 41.2 Å². The summed E-state index contributed by atoms with van der Waals surface area (Å²) >= 11 is 0. The Morgan fingerprint density at radius 3 is 2.54 bits per heavy atom. The first-order valence-corrected chi connectivity index (χ1v) is 7.70. The number of nitrogens with zero attached hydrogens (tertiary/aromatic N) is 2. The minimum atomic E-state index is -0.389. The molecule has 1 aliphatic rings. The van der Waals surface area contributed by atoms with E-state index >= 15 is 0 Å². The summed E-state index contributed by atoms with van der Waals surface area (Å²) in [5, 5.41) is 0. The van der Waals surface area contributed by atoms with E-state index in [2.05, 4.69) is 0 Å². The number of halogens is 1. The Labute approximate surface area is 138 Å². The molecule has 2 aromatic carbocycles. The predicted octanol–water partition coefficient (Wildman–Crippen LogP) is 3.66. The molecule has 120 valence electrons. The highest BCUT2D eigenvalue weighted by Gasteiger charge is 2.25. The molecule has 0 atom stereocenters. The number of fused-ring (bicyclic) bond motifs is 1. The van der Waals surface area contributed by atoms with E-state index in [1.54, 1.807) is 23.1 Å². The molecule has 1 aromatic heterocycles. The van der Waals surface area contributed by atoms with Crippen LogP contribution in [0.25, 0.3) is 5.69 Å². The standard InChI is InChI=1S/C19H15FN2O2/c20-15-5-8-18-17(13-15)22(11-12-24-18)19(23)14-3-6-16(7-4-14)21-9-1-2-10-21/h1-10,13H,11-12H2. The normalized spacial score (nSPS) is 13.3. The molecule has 0 spiro atoms. The van der Waals surface area contributed by atoms with Crippen molar-refractivity contribution in [2.24, 2.45) is 0 Å². The van der Waals surface area contributed by atoms with Gasteiger partial charge < -0.3 is 14.2 Å². The molecule has 0 bridgehead atoms. The highest BCUT2D eigenvalue weighted by atomic mass is 19.1. The lowest BCUT2D eigenvalue weighted by atomic mass is 10.1. The van der Waals surface area contributed by atoms with Crippen LogP contribution in [0.5, 0.6) is 5.75 Å². The number of ether oxygens (including phenoxy) is 1. The van der Waals surface area contributed by atoms with Crippen LogP contribution in [-0.4, -0.2) is 23.6 Å². The smallest absolute Gasteiger partial charge is 0.258 e. The fourth-order valence-electron chi connectivity index (χ4n) is 2.84. The Balaban J connectivity index is 1.64. The first-order valence-electron chi connectivity index (χ1n) is 7.70. The van der Waals surface area contributed by atoms with Crippen molar-refractivity contribution in [3.05, 3.63) is 78.4 Å². The first kappa shape index (κ1) is 14.5. The third-order valence-electron chi connectivity index (χ3n) is 4.05. The molecule has 1 aliphatic heterocycles. The topological polar surface area (TPSA) is 34.5 Å². The van der Waals surface area contributed by atoms with E-state index in [1.165, 1.54) is 12.1 Å². The van der Waals surface area contributed by atoms with Crippen molar-refractivity contribution in [1.29, 1.82) is 0 Å². The number of carbonyl (C=O) groups is 1. The number of aromatic nitrogens is 1. The maximum absolute atomic E-state index is 13.5. The van der Waals surface area contributed by atoms with Crippen molar-refractivity contribution in [2.45, 2.75) is 0 Å². The molecular formula is C19H15FN2O2. The minimum Gasteiger partial charge on any atom is -0.490 e. The third kappa shape index (κ3) is 2.54. The van der Waals surface area contributed by atoms with Crippen LogP contribution in [0, 0.1) is 5.82 Å². The quantitative estimate of drug-likeness (QED) is 0.722. The number of amides is 1. The summed E-state index contributed by atoms with van der Waals surface area (Å²) in [5.41, 5.74) is 2.01. The number of benzene rings is 2. The lowest BCUT2D eigenvalue weighted by Gasteiger charge is -2.29. The zero-order chi connectivity index (χ0) is 16.5. The highest BCUT2D eigenvalue weighted by Crippen LogP contribution is 2.33. The molecule has 24 heavy (non-hydrogen) atoms. The van der Waals surface area contributed by atoms with Crippen molar-refractivity contribution >= 4 is 11.6 Å². The largest absolute Gasteiger partial charge is 0.490 e. The van der Waals surface area contributed by atoms with E-state index < -0.39 is 0 Å². The summed E-state index contributed by atoms with van der Waals surface area (Å²) in [6.45, 7) is 0.792. The number of carbonyl (C=O) groups excluding carboxylic acids is 1. The summed E-state index contributed by atoms with van der Waals surface area (Å²) < 4.78 is 21.0. The maximum atomic E-state index is 13.5. The van der Waals surface area contributed by atoms with Gasteiger partial charge in [-0.05, 0) is 48.5 Å². The molecule has 3 aromatic rings. The van der Waals surface area contributed by atoms with Gasteiger partial charge in [-0.2, -0.15) is 0 Å². The molecular weight excluding hydrogens is 307 g/mol. The van der Waals surface area contributed by atoms with E-state index in [9.17, 15) is 9.18 Å². The molecule has 2 heterocycles. The predicted molar refractivity (Wildman–Crippen MR) is 89.3 cm³/mol. The SMILES string of the molecule is O=C(c1ccc(-n2cccc2)cc1)N1CCOc2ccc(F)cc21. The second-order valence-electron chi connectivity index (χ2n) is 5.55. The van der Waals surface area contributed by atoms with Crippen LogP contribution in [0.2, 0.25) is 0 Å². The molecule has 5 heteroatoms. The molecule has 0 saturated heterocycles. The maximum Gasteiger partial charge on any atom is 0.258 e. The van der Waals surface area contributed by atoms with E-state index in [0.717, 1.165) is 5.69 Å². The molecule has 4 rings (SSSR count). The zero-order valence-electron chi connectivity index (χ0n) is 12.9. The van der Waals surface area contributed by atoms with Gasteiger partial charge in [0, 0.05) is 29.7 Å². The zero-order valence-corrected chi connectivity index (χ0v) is 12.9. The molecule has 4 nitrogen and oxygen atoms in total. The van der Waals surface area contributed by atoms with Gasteiger partial charge in [-0.25, -0.2) is 4.39 Å². The van der Waals surface area contributed by atoms with E-state index in [4.69, 9.17) is 4.74 Å². The Morgan fingerprint density at radius 2 is 1.79 bits per heavy atom. The number of rotatable bonds is 2. The Morgan fingerprint density at radius 1 is 1.04 bits per heavy atom. The fourth-order valence-corrected chi connectivity index (χ4v) is 2.84. The van der Waals surface area contributed by atoms with Crippen LogP contribution >= 0.6 is 0 Å². The van der Waals surface area contributed by atoms with Crippen LogP contribution < -0.4 is 9.64 Å². The molecule has 0 fully saturated rings. The van der Waals surface area contributed by atoms with Crippen LogP contribution in [0.4, 0.5) is 10.1 Å². The van der Waals surface area contributed by atoms with Gasteiger partial charge >= 0.3 is 0 Å². The van der Waals surface area contributed by atoms with Crippen molar-refractivity contribution in [1.82, 2.24) is 4.57 Å². The van der Waals surface area contributed by atoms with Crippen molar-refractivity contribution in [2.75, 3.05) is 18.1 Å². The number of hydrogen-bond donors (Lipinski definition) is 0. The van der Waals surface area contributed by atoms with E-state index in [0.29, 0.717) is 30.2 Å². The minimum absolute atomic E-state index is 0.163. The lowest BCUT2D eigenvalue weighted by molar-refractivity contribution is 0.0976. The van der Waals surface area contributed by atoms with Gasteiger partial charge in [0.2, 0.25) is 0 Å². The summed E-state index contributed by atoms with van der Waals surface area (Å²) in [6, 6.07) is 15.5. The van der Waals surface area contributed by atoms with Crippen molar-refractivity contribution in [3.8, 4) is 11.4 Å². The first-order chi connectivity index (χ1) is 11.7. The molecule has 0 unspecified atom stereocenters. The van der Waals surface area contributed by atoms with Gasteiger partial charge in [-0.1, -0.05) is 0 Å². The highest BCUT2D eigenvalue weighted by molar-refractivity contribution is 6.07. The van der Waals surface area contributed by atoms with Crippen LogP contribution in [0.1, 0.15) is 10.4 Å². The van der Waals surface area contributed by atoms with Gasteiger partial charge in [-0.3, -0.25) is 4.79 Å². The summed E-state index contributed by atoms with van der Waals surface area (Å²) in [7, 11) is 0. The van der Waals surface area contributed by atoms with Crippen LogP contribution in [0.3, 0.4) is 0 Å².